The molecule has 0 saturated carbocycles. The second-order valence-corrected chi connectivity index (χ2v) is 2.42. The van der Waals surface area contributed by atoms with Gasteiger partial charge in [0.15, 0.2) is 0 Å². The summed E-state index contributed by atoms with van der Waals surface area (Å²) in [5.74, 6) is 0. The Morgan fingerprint density at radius 3 is 2.71 bits per heavy atom. The molecule has 0 heterocycles. The van der Waals surface area contributed by atoms with Crippen molar-refractivity contribution < 1.29 is 19.3 Å². The molecule has 0 aromatic carbocycles. The van der Waals surface area contributed by atoms with Gasteiger partial charge in [0.1, 0.15) is 25.6 Å². The van der Waals surface area contributed by atoms with E-state index < -0.39 is 6.10 Å². The molecule has 4 heteroatoms. The number of aliphatic hydroxyl groups excluding tert-OH is 1. The fourth-order valence-corrected chi connectivity index (χ4v) is 0.676. The molecule has 0 aliphatic heterocycles. The first-order chi connectivity index (χ1) is 6.81. The van der Waals surface area contributed by atoms with E-state index in [0.717, 1.165) is 0 Å². The van der Waals surface area contributed by atoms with Crippen LogP contribution in [0.25, 0.3) is 0 Å². The molecule has 0 bridgehead atoms. The molecule has 4 nitrogen and oxygen atoms in total. The van der Waals surface area contributed by atoms with Crippen molar-refractivity contribution in [3.05, 3.63) is 31.4 Å². The summed E-state index contributed by atoms with van der Waals surface area (Å²) in [6.45, 7) is 7.92. The van der Waals surface area contributed by atoms with Crippen LogP contribution in [0, 0.1) is 0 Å². The van der Waals surface area contributed by atoms with Gasteiger partial charge in [-0.2, -0.15) is 0 Å². The highest BCUT2D eigenvalue weighted by molar-refractivity contribution is 4.65. The summed E-state index contributed by atoms with van der Waals surface area (Å²) in [6, 6.07) is 0. The number of rotatable bonds is 9. The van der Waals surface area contributed by atoms with Crippen LogP contribution in [-0.2, 0) is 14.2 Å². The first-order valence-electron chi connectivity index (χ1n) is 4.25. The molecule has 0 aromatic heterocycles. The van der Waals surface area contributed by atoms with Gasteiger partial charge >= 0.3 is 0 Å². The Balaban J connectivity index is 3.21. The lowest BCUT2D eigenvalue weighted by molar-refractivity contribution is -0.00809. The van der Waals surface area contributed by atoms with Gasteiger partial charge in [-0.1, -0.05) is 18.9 Å². The molecule has 1 unspecified atom stereocenters. The fourth-order valence-electron chi connectivity index (χ4n) is 0.676. The smallest absolute Gasteiger partial charge is 0.125 e. The molecule has 0 spiro atoms. The molecule has 0 aromatic rings. The first kappa shape index (κ1) is 12.8. The van der Waals surface area contributed by atoms with E-state index in [-0.39, 0.29) is 13.2 Å². The summed E-state index contributed by atoms with van der Waals surface area (Å²) in [5, 5.41) is 9.25. The molecule has 0 rings (SSSR count). The zero-order chi connectivity index (χ0) is 10.6. The summed E-state index contributed by atoms with van der Waals surface area (Å²) < 4.78 is 14.7. The van der Waals surface area contributed by atoms with Crippen LogP contribution in [0.4, 0.5) is 0 Å². The molecule has 1 N–H and O–H groups in total. The standard InChI is InChI=1S/C10H16O4/c1-3-5-13-8-10(11)9-14-7-6-12-4-2/h4-5,10-11H,1-2,6-9H2. The molecule has 0 saturated heterocycles. The largest absolute Gasteiger partial charge is 0.499 e. The summed E-state index contributed by atoms with van der Waals surface area (Å²) in [6.07, 6.45) is 1.99. The van der Waals surface area contributed by atoms with Gasteiger partial charge in [0, 0.05) is 0 Å². The molecule has 14 heavy (non-hydrogen) atoms. The summed E-state index contributed by atoms with van der Waals surface area (Å²) in [4.78, 5) is 0. The molecule has 80 valence electrons. The number of aliphatic hydroxyl groups is 1. The zero-order valence-electron chi connectivity index (χ0n) is 8.15. The van der Waals surface area contributed by atoms with Crippen LogP contribution in [0.5, 0.6) is 0 Å². The highest BCUT2D eigenvalue weighted by atomic mass is 16.5. The average Bonchev–Trinajstić information content (AvgIpc) is 2.18. The van der Waals surface area contributed by atoms with E-state index in [1.54, 1.807) is 0 Å². The van der Waals surface area contributed by atoms with Crippen LogP contribution in [0.1, 0.15) is 0 Å². The van der Waals surface area contributed by atoms with Crippen molar-refractivity contribution in [2.24, 2.45) is 0 Å². The number of hydrogen-bond donors (Lipinski definition) is 1. The predicted molar refractivity (Wildman–Crippen MR) is 52.6 cm³/mol. The lowest BCUT2D eigenvalue weighted by atomic mass is 10.4. The Morgan fingerprint density at radius 1 is 1.29 bits per heavy atom. The minimum Gasteiger partial charge on any atom is -0.499 e. The van der Waals surface area contributed by atoms with Gasteiger partial charge in [0.2, 0.25) is 0 Å². The van der Waals surface area contributed by atoms with E-state index in [4.69, 9.17) is 14.2 Å². The first-order valence-corrected chi connectivity index (χ1v) is 4.25. The number of hydrogen-bond acceptors (Lipinski definition) is 4. The summed E-state index contributed by atoms with van der Waals surface area (Å²) >= 11 is 0. The second-order valence-electron chi connectivity index (χ2n) is 2.42. The highest BCUT2D eigenvalue weighted by Crippen LogP contribution is 1.88. The van der Waals surface area contributed by atoms with Gasteiger partial charge < -0.3 is 19.3 Å². The van der Waals surface area contributed by atoms with Crippen LogP contribution in [0.15, 0.2) is 31.4 Å². The fraction of sp³-hybridized carbons (Fsp3) is 0.500. The van der Waals surface area contributed by atoms with Gasteiger partial charge in [0.25, 0.3) is 0 Å². The van der Waals surface area contributed by atoms with E-state index in [0.29, 0.717) is 13.2 Å². The summed E-state index contributed by atoms with van der Waals surface area (Å²) in [7, 11) is 0. The third-order valence-corrected chi connectivity index (χ3v) is 1.23. The molecule has 0 aliphatic rings. The Morgan fingerprint density at radius 2 is 2.07 bits per heavy atom. The van der Waals surface area contributed by atoms with Crippen molar-refractivity contribution in [3.63, 3.8) is 0 Å². The van der Waals surface area contributed by atoms with Gasteiger partial charge in [0.05, 0.1) is 19.5 Å². The average molecular weight is 200 g/mol. The van der Waals surface area contributed by atoms with E-state index in [9.17, 15) is 5.11 Å². The maximum atomic E-state index is 9.25. The molecular weight excluding hydrogens is 184 g/mol. The minimum absolute atomic E-state index is 0.171. The van der Waals surface area contributed by atoms with Crippen molar-refractivity contribution in [1.29, 1.82) is 0 Å². The quantitative estimate of drug-likeness (QED) is 0.340. The van der Waals surface area contributed by atoms with Crippen LogP contribution in [-0.4, -0.2) is 37.6 Å². The molecule has 0 fully saturated rings. The molecular formula is C10H16O4. The maximum absolute atomic E-state index is 9.25. The van der Waals surface area contributed by atoms with Crippen LogP contribution >= 0.6 is 0 Å². The lowest BCUT2D eigenvalue weighted by Gasteiger charge is -2.10. The van der Waals surface area contributed by atoms with Crippen LogP contribution < -0.4 is 0 Å². The Hall–Kier alpha value is -1.22. The normalized spacial score (nSPS) is 11.2. The van der Waals surface area contributed by atoms with E-state index in [1.165, 1.54) is 12.5 Å². The van der Waals surface area contributed by atoms with E-state index in [2.05, 4.69) is 18.9 Å². The minimum atomic E-state index is -0.650. The maximum Gasteiger partial charge on any atom is 0.125 e. The van der Waals surface area contributed by atoms with Crippen LogP contribution in [0.3, 0.4) is 0 Å². The third-order valence-electron chi connectivity index (χ3n) is 1.23. The van der Waals surface area contributed by atoms with Crippen molar-refractivity contribution in [1.82, 2.24) is 0 Å². The van der Waals surface area contributed by atoms with Gasteiger partial charge in [-0.15, -0.1) is 0 Å². The van der Waals surface area contributed by atoms with Crippen molar-refractivity contribution in [3.8, 4) is 0 Å². The van der Waals surface area contributed by atoms with Crippen molar-refractivity contribution in [2.75, 3.05) is 26.4 Å². The van der Waals surface area contributed by atoms with Crippen molar-refractivity contribution >= 4 is 0 Å². The Bertz CT molecular complexity index is 185. The molecule has 0 radical (unpaired) electrons. The van der Waals surface area contributed by atoms with E-state index in [1.807, 2.05) is 0 Å². The molecule has 0 amide bonds. The molecule has 1 atom stereocenters. The lowest BCUT2D eigenvalue weighted by Crippen LogP contribution is -2.21. The van der Waals surface area contributed by atoms with Crippen LogP contribution in [0.2, 0.25) is 0 Å². The number of ether oxygens (including phenoxy) is 3. The van der Waals surface area contributed by atoms with Crippen molar-refractivity contribution in [2.45, 2.75) is 6.10 Å². The Labute approximate surface area is 84.1 Å². The monoisotopic (exact) mass is 200 g/mol. The zero-order valence-corrected chi connectivity index (χ0v) is 8.15. The third kappa shape index (κ3) is 8.87. The van der Waals surface area contributed by atoms with Gasteiger partial charge in [-0.25, -0.2) is 0 Å². The second kappa shape index (κ2) is 9.86. The predicted octanol–water partition coefficient (Wildman–Crippen LogP) is 0.839. The molecule has 0 aliphatic carbocycles. The summed E-state index contributed by atoms with van der Waals surface area (Å²) in [5.41, 5.74) is 2.43. The van der Waals surface area contributed by atoms with Gasteiger partial charge in [-0.3, -0.25) is 0 Å². The highest BCUT2D eigenvalue weighted by Gasteiger charge is 2.02. The van der Waals surface area contributed by atoms with Gasteiger partial charge in [-0.05, 0) is 0 Å². The SMILES string of the molecule is C=C=COCC(O)COCCOC=C. The topological polar surface area (TPSA) is 47.9 Å². The van der Waals surface area contributed by atoms with E-state index >= 15 is 0 Å². The Kier molecular flexibility index (Phi) is 9.01.